The average molecular weight is 483 g/mol. The van der Waals surface area contributed by atoms with Crippen molar-refractivity contribution in [1.82, 2.24) is 5.32 Å². The van der Waals surface area contributed by atoms with Crippen LogP contribution in [0.4, 0.5) is 5.69 Å². The predicted molar refractivity (Wildman–Crippen MR) is 134 cm³/mol. The van der Waals surface area contributed by atoms with Gasteiger partial charge in [0.1, 0.15) is 23.9 Å². The highest BCUT2D eigenvalue weighted by atomic mass is 32.2. The molecule has 0 aliphatic carbocycles. The first-order valence-electron chi connectivity index (χ1n) is 11.1. The van der Waals surface area contributed by atoms with Crippen molar-refractivity contribution in [3.05, 3.63) is 84.4 Å². The third-order valence-corrected chi connectivity index (χ3v) is 6.24. The van der Waals surface area contributed by atoms with Gasteiger partial charge in [-0.05, 0) is 61.4 Å². The Labute approximate surface area is 201 Å². The zero-order valence-corrected chi connectivity index (χ0v) is 20.3. The number of carbonyl (C=O) groups is 1. The van der Waals surface area contributed by atoms with Crippen LogP contribution in [0.1, 0.15) is 18.4 Å². The Morgan fingerprint density at radius 1 is 0.912 bits per heavy atom. The van der Waals surface area contributed by atoms with Crippen LogP contribution in [0.25, 0.3) is 0 Å². The van der Waals surface area contributed by atoms with E-state index in [0.29, 0.717) is 36.8 Å². The molecule has 0 radical (unpaired) electrons. The lowest BCUT2D eigenvalue weighted by Gasteiger charge is -2.22. The van der Waals surface area contributed by atoms with E-state index in [1.807, 2.05) is 61.5 Å². The van der Waals surface area contributed by atoms with E-state index in [-0.39, 0.29) is 18.9 Å². The molecule has 0 unspecified atom stereocenters. The summed E-state index contributed by atoms with van der Waals surface area (Å²) in [7, 11) is -3.50. The van der Waals surface area contributed by atoms with Crippen LogP contribution >= 0.6 is 0 Å². The zero-order valence-electron chi connectivity index (χ0n) is 19.4. The summed E-state index contributed by atoms with van der Waals surface area (Å²) < 4.78 is 37.4. The molecule has 7 nitrogen and oxygen atoms in total. The van der Waals surface area contributed by atoms with Crippen LogP contribution in [-0.2, 0) is 14.8 Å². The van der Waals surface area contributed by atoms with Crippen molar-refractivity contribution in [2.75, 3.05) is 30.3 Å². The summed E-state index contributed by atoms with van der Waals surface area (Å²) in [6.07, 6.45) is 1.76. The number of hydrogen-bond donors (Lipinski definition) is 1. The van der Waals surface area contributed by atoms with E-state index in [2.05, 4.69) is 5.32 Å². The lowest BCUT2D eigenvalue weighted by molar-refractivity contribution is -0.121. The minimum absolute atomic E-state index is 0.145. The molecule has 0 fully saturated rings. The van der Waals surface area contributed by atoms with Gasteiger partial charge in [0.2, 0.25) is 15.9 Å². The van der Waals surface area contributed by atoms with Crippen LogP contribution in [-0.4, -0.2) is 40.3 Å². The van der Waals surface area contributed by atoms with E-state index < -0.39 is 10.0 Å². The zero-order chi connectivity index (χ0) is 24.4. The van der Waals surface area contributed by atoms with E-state index in [4.69, 9.17) is 9.47 Å². The van der Waals surface area contributed by atoms with Crippen molar-refractivity contribution in [2.24, 2.45) is 0 Å². The van der Waals surface area contributed by atoms with Crippen LogP contribution in [0, 0.1) is 6.92 Å². The van der Waals surface area contributed by atoms with Crippen LogP contribution < -0.4 is 19.1 Å². The van der Waals surface area contributed by atoms with Gasteiger partial charge in [0.15, 0.2) is 0 Å². The Kier molecular flexibility index (Phi) is 8.93. The quantitative estimate of drug-likeness (QED) is 0.384. The Morgan fingerprint density at radius 2 is 1.56 bits per heavy atom. The maximum Gasteiger partial charge on any atom is 0.232 e. The molecule has 0 saturated carbocycles. The first-order valence-corrected chi connectivity index (χ1v) is 12.9. The van der Waals surface area contributed by atoms with Gasteiger partial charge in [-0.1, -0.05) is 36.4 Å². The normalized spacial score (nSPS) is 11.0. The highest BCUT2D eigenvalue weighted by Crippen LogP contribution is 2.25. The minimum atomic E-state index is -3.50. The van der Waals surface area contributed by atoms with Crippen molar-refractivity contribution in [3.63, 3.8) is 0 Å². The molecule has 0 spiro atoms. The summed E-state index contributed by atoms with van der Waals surface area (Å²) in [5.74, 6) is 1.95. The number of rotatable bonds is 12. The molecular weight excluding hydrogens is 452 g/mol. The van der Waals surface area contributed by atoms with Crippen molar-refractivity contribution in [1.29, 1.82) is 0 Å². The fourth-order valence-corrected chi connectivity index (χ4v) is 4.30. The molecule has 0 aliphatic heterocycles. The molecule has 0 bridgehead atoms. The van der Waals surface area contributed by atoms with Gasteiger partial charge in [-0.2, -0.15) is 0 Å². The average Bonchev–Trinajstić information content (AvgIpc) is 2.81. The first kappa shape index (κ1) is 25.1. The van der Waals surface area contributed by atoms with Crippen molar-refractivity contribution < 1.29 is 22.7 Å². The molecule has 0 aliphatic rings. The van der Waals surface area contributed by atoms with Gasteiger partial charge in [0.05, 0.1) is 18.5 Å². The summed E-state index contributed by atoms with van der Waals surface area (Å²) in [6.45, 7) is 2.91. The van der Waals surface area contributed by atoms with Gasteiger partial charge in [-0.15, -0.1) is 0 Å². The standard InChI is InChI=1S/C26H30N2O5S/c1-21-9-6-7-12-25(21)32-20-18-27-26(29)13-8-19-28(34(2,30)31)22-14-16-24(17-15-22)33-23-10-4-3-5-11-23/h3-7,9-12,14-17H,8,13,18-20H2,1-2H3,(H,27,29). The van der Waals surface area contributed by atoms with E-state index in [1.165, 1.54) is 4.31 Å². The van der Waals surface area contributed by atoms with E-state index in [9.17, 15) is 13.2 Å². The molecule has 0 atom stereocenters. The summed E-state index contributed by atoms with van der Waals surface area (Å²) in [5, 5.41) is 2.81. The fraction of sp³-hybridized carbons (Fsp3) is 0.269. The number of anilines is 1. The molecule has 34 heavy (non-hydrogen) atoms. The first-order chi connectivity index (χ1) is 16.3. The number of sulfonamides is 1. The van der Waals surface area contributed by atoms with Crippen LogP contribution in [0.15, 0.2) is 78.9 Å². The molecule has 3 aromatic carbocycles. The number of hydrogen-bond acceptors (Lipinski definition) is 5. The number of nitrogens with zero attached hydrogens (tertiary/aromatic N) is 1. The molecule has 1 N–H and O–H groups in total. The lowest BCUT2D eigenvalue weighted by Crippen LogP contribution is -2.32. The largest absolute Gasteiger partial charge is 0.491 e. The second-order valence-electron chi connectivity index (χ2n) is 7.81. The number of aryl methyl sites for hydroxylation is 1. The highest BCUT2D eigenvalue weighted by molar-refractivity contribution is 7.92. The highest BCUT2D eigenvalue weighted by Gasteiger charge is 2.17. The SMILES string of the molecule is Cc1ccccc1OCCNC(=O)CCCN(c1ccc(Oc2ccccc2)cc1)S(C)(=O)=O. The molecule has 1 amide bonds. The number of nitrogens with one attached hydrogen (secondary N) is 1. The summed E-state index contributed by atoms with van der Waals surface area (Å²) >= 11 is 0. The van der Waals surface area contributed by atoms with E-state index in [1.54, 1.807) is 24.3 Å². The monoisotopic (exact) mass is 482 g/mol. The topological polar surface area (TPSA) is 84.9 Å². The minimum Gasteiger partial charge on any atom is -0.491 e. The van der Waals surface area contributed by atoms with Gasteiger partial charge in [0, 0.05) is 13.0 Å². The summed E-state index contributed by atoms with van der Waals surface area (Å²) in [4.78, 5) is 12.2. The number of carbonyl (C=O) groups excluding carboxylic acids is 1. The van der Waals surface area contributed by atoms with Gasteiger partial charge in [0.25, 0.3) is 0 Å². The second kappa shape index (κ2) is 12.1. The molecule has 8 heteroatoms. The third kappa shape index (κ3) is 7.81. The Balaban J connectivity index is 1.46. The number of amides is 1. The Hall–Kier alpha value is -3.52. The van der Waals surface area contributed by atoms with Gasteiger partial charge in [-0.3, -0.25) is 9.10 Å². The Morgan fingerprint density at radius 3 is 2.24 bits per heavy atom. The molecule has 0 aromatic heterocycles. The van der Waals surface area contributed by atoms with Crippen LogP contribution in [0.5, 0.6) is 17.2 Å². The molecule has 0 heterocycles. The lowest BCUT2D eigenvalue weighted by atomic mass is 10.2. The second-order valence-corrected chi connectivity index (χ2v) is 9.72. The number of ether oxygens (including phenoxy) is 2. The van der Waals surface area contributed by atoms with Crippen molar-refractivity contribution in [3.8, 4) is 17.2 Å². The van der Waals surface area contributed by atoms with E-state index >= 15 is 0 Å². The summed E-state index contributed by atoms with van der Waals surface area (Å²) in [5.41, 5.74) is 1.56. The van der Waals surface area contributed by atoms with Crippen molar-refractivity contribution >= 4 is 21.6 Å². The summed E-state index contributed by atoms with van der Waals surface area (Å²) in [6, 6.07) is 23.9. The number of benzene rings is 3. The molecule has 180 valence electrons. The number of para-hydroxylation sites is 2. The Bertz CT molecular complexity index is 1170. The van der Waals surface area contributed by atoms with Crippen LogP contribution in [0.2, 0.25) is 0 Å². The fourth-order valence-electron chi connectivity index (χ4n) is 3.33. The van der Waals surface area contributed by atoms with Gasteiger partial charge >= 0.3 is 0 Å². The van der Waals surface area contributed by atoms with Gasteiger partial charge in [-0.25, -0.2) is 8.42 Å². The van der Waals surface area contributed by atoms with Crippen LogP contribution in [0.3, 0.4) is 0 Å². The molecular formula is C26H30N2O5S. The smallest absolute Gasteiger partial charge is 0.232 e. The van der Waals surface area contributed by atoms with Crippen molar-refractivity contribution in [2.45, 2.75) is 19.8 Å². The molecule has 0 saturated heterocycles. The maximum absolute atomic E-state index is 12.3. The maximum atomic E-state index is 12.3. The molecule has 3 rings (SSSR count). The third-order valence-electron chi connectivity index (χ3n) is 5.04. The van der Waals surface area contributed by atoms with Gasteiger partial charge < -0.3 is 14.8 Å². The molecule has 3 aromatic rings. The predicted octanol–water partition coefficient (Wildman–Crippen LogP) is 4.53. The van der Waals surface area contributed by atoms with E-state index in [0.717, 1.165) is 17.6 Å².